The van der Waals surface area contributed by atoms with Crippen LogP contribution in [-0.2, 0) is 6.54 Å². The predicted octanol–water partition coefficient (Wildman–Crippen LogP) is 2.76. The maximum absolute atomic E-state index is 10.7. The zero-order valence-electron chi connectivity index (χ0n) is 9.30. The molecule has 2 aromatic heterocycles. The number of carbonyl (C=O) groups is 1. The van der Waals surface area contributed by atoms with Crippen LogP contribution >= 0.6 is 11.3 Å². The summed E-state index contributed by atoms with van der Waals surface area (Å²) in [4.78, 5) is 17.2. The van der Waals surface area contributed by atoms with Gasteiger partial charge in [0.25, 0.3) is 0 Å². The predicted molar refractivity (Wildman–Crippen MR) is 67.6 cm³/mol. The molecular weight excluding hydrogens is 236 g/mol. The average molecular weight is 248 g/mol. The van der Waals surface area contributed by atoms with Gasteiger partial charge in [-0.05, 0) is 31.2 Å². The summed E-state index contributed by atoms with van der Waals surface area (Å²) in [6, 6.07) is 9.02. The lowest BCUT2D eigenvalue weighted by Gasteiger charge is -2.04. The van der Waals surface area contributed by atoms with Gasteiger partial charge in [-0.15, -0.1) is 11.3 Å². The number of hydrogen-bond acceptors (Lipinski definition) is 4. The second-order valence-electron chi connectivity index (χ2n) is 3.58. The zero-order valence-corrected chi connectivity index (χ0v) is 10.1. The Morgan fingerprint density at radius 2 is 2.24 bits per heavy atom. The molecular formula is C12H12N2O2S. The Kier molecular flexibility index (Phi) is 3.39. The third-order valence-corrected chi connectivity index (χ3v) is 3.21. The molecule has 0 amide bonds. The Morgan fingerprint density at radius 3 is 2.88 bits per heavy atom. The first-order valence-electron chi connectivity index (χ1n) is 5.15. The van der Waals surface area contributed by atoms with Gasteiger partial charge in [0.15, 0.2) is 5.69 Å². The highest BCUT2D eigenvalue weighted by atomic mass is 32.1. The standard InChI is InChI=1S/C12H12N2O2S/c1-8-5-6-9(17-8)7-13-11-4-2-3-10(14-11)12(15)16/h2-6H,7H2,1H3,(H,13,14)(H,15,16). The second kappa shape index (κ2) is 4.97. The highest BCUT2D eigenvalue weighted by Crippen LogP contribution is 2.16. The van der Waals surface area contributed by atoms with E-state index in [2.05, 4.69) is 23.3 Å². The first kappa shape index (κ1) is 11.6. The summed E-state index contributed by atoms with van der Waals surface area (Å²) in [5.74, 6) is -0.434. The molecule has 4 nitrogen and oxygen atoms in total. The van der Waals surface area contributed by atoms with E-state index in [4.69, 9.17) is 5.11 Å². The van der Waals surface area contributed by atoms with Crippen LogP contribution < -0.4 is 5.32 Å². The van der Waals surface area contributed by atoms with E-state index in [1.807, 2.05) is 6.07 Å². The summed E-state index contributed by atoms with van der Waals surface area (Å²) in [5, 5.41) is 11.9. The van der Waals surface area contributed by atoms with Gasteiger partial charge in [0.1, 0.15) is 5.82 Å². The Balaban J connectivity index is 2.04. The molecule has 2 N–H and O–H groups in total. The number of hydrogen-bond donors (Lipinski definition) is 2. The summed E-state index contributed by atoms with van der Waals surface area (Å²) in [5.41, 5.74) is 0.0531. The molecule has 0 radical (unpaired) electrons. The molecule has 17 heavy (non-hydrogen) atoms. The Labute approximate surface area is 103 Å². The van der Waals surface area contributed by atoms with Crippen molar-refractivity contribution in [3.05, 3.63) is 45.8 Å². The van der Waals surface area contributed by atoms with E-state index in [1.54, 1.807) is 23.5 Å². The SMILES string of the molecule is Cc1ccc(CNc2cccc(C(=O)O)n2)s1. The normalized spacial score (nSPS) is 10.2. The lowest BCUT2D eigenvalue weighted by Crippen LogP contribution is -2.04. The monoisotopic (exact) mass is 248 g/mol. The first-order chi connectivity index (χ1) is 8.15. The third-order valence-electron chi connectivity index (χ3n) is 2.21. The first-order valence-corrected chi connectivity index (χ1v) is 5.96. The van der Waals surface area contributed by atoms with Crippen molar-refractivity contribution in [1.29, 1.82) is 0 Å². The number of thiophene rings is 1. The van der Waals surface area contributed by atoms with E-state index in [-0.39, 0.29) is 5.69 Å². The van der Waals surface area contributed by atoms with E-state index in [9.17, 15) is 4.79 Å². The van der Waals surface area contributed by atoms with Gasteiger partial charge in [-0.2, -0.15) is 0 Å². The molecule has 5 heteroatoms. The Hall–Kier alpha value is -1.88. The maximum Gasteiger partial charge on any atom is 0.354 e. The van der Waals surface area contributed by atoms with Crippen LogP contribution in [0.1, 0.15) is 20.2 Å². The fraction of sp³-hybridized carbons (Fsp3) is 0.167. The van der Waals surface area contributed by atoms with Crippen LogP contribution in [-0.4, -0.2) is 16.1 Å². The number of pyridine rings is 1. The third kappa shape index (κ3) is 3.04. The van der Waals surface area contributed by atoms with Gasteiger partial charge in [0, 0.05) is 9.75 Å². The van der Waals surface area contributed by atoms with Gasteiger partial charge in [-0.25, -0.2) is 9.78 Å². The van der Waals surface area contributed by atoms with Crippen LogP contribution in [0.4, 0.5) is 5.82 Å². The highest BCUT2D eigenvalue weighted by molar-refractivity contribution is 7.11. The van der Waals surface area contributed by atoms with Gasteiger partial charge >= 0.3 is 5.97 Å². The van der Waals surface area contributed by atoms with Crippen molar-refractivity contribution in [1.82, 2.24) is 4.98 Å². The van der Waals surface area contributed by atoms with Crippen LogP contribution in [0, 0.1) is 6.92 Å². The number of aromatic nitrogens is 1. The van der Waals surface area contributed by atoms with Crippen LogP contribution in [0.25, 0.3) is 0 Å². The number of carboxylic acids is 1. The molecule has 0 saturated carbocycles. The largest absolute Gasteiger partial charge is 0.477 e. The molecule has 0 aliphatic rings. The fourth-order valence-corrected chi connectivity index (χ4v) is 2.24. The minimum atomic E-state index is -1.01. The number of nitrogens with zero attached hydrogens (tertiary/aromatic N) is 1. The van der Waals surface area contributed by atoms with Crippen molar-refractivity contribution in [2.45, 2.75) is 13.5 Å². The summed E-state index contributed by atoms with van der Waals surface area (Å²) < 4.78 is 0. The second-order valence-corrected chi connectivity index (χ2v) is 4.95. The maximum atomic E-state index is 10.7. The Bertz CT molecular complexity index is 537. The molecule has 0 spiro atoms. The molecule has 88 valence electrons. The van der Waals surface area contributed by atoms with Gasteiger partial charge in [0.05, 0.1) is 6.54 Å². The van der Waals surface area contributed by atoms with E-state index >= 15 is 0 Å². The topological polar surface area (TPSA) is 62.2 Å². The fourth-order valence-electron chi connectivity index (χ4n) is 1.41. The number of carboxylic acid groups (broad SMARTS) is 1. The van der Waals surface area contributed by atoms with E-state index in [0.29, 0.717) is 12.4 Å². The molecule has 0 aromatic carbocycles. The summed E-state index contributed by atoms with van der Waals surface area (Å²) >= 11 is 1.71. The lowest BCUT2D eigenvalue weighted by atomic mass is 10.3. The summed E-state index contributed by atoms with van der Waals surface area (Å²) in [7, 11) is 0. The van der Waals surface area contributed by atoms with Crippen molar-refractivity contribution in [2.24, 2.45) is 0 Å². The van der Waals surface area contributed by atoms with E-state index < -0.39 is 5.97 Å². The molecule has 0 bridgehead atoms. The van der Waals surface area contributed by atoms with Crippen LogP contribution in [0.2, 0.25) is 0 Å². The molecule has 2 aromatic rings. The number of anilines is 1. The van der Waals surface area contributed by atoms with Crippen LogP contribution in [0.5, 0.6) is 0 Å². The van der Waals surface area contributed by atoms with E-state index in [0.717, 1.165) is 0 Å². The quantitative estimate of drug-likeness (QED) is 0.873. The van der Waals surface area contributed by atoms with Gasteiger partial charge < -0.3 is 10.4 Å². The number of aromatic carboxylic acids is 1. The molecule has 2 rings (SSSR count). The summed E-state index contributed by atoms with van der Waals surface area (Å²) in [6.07, 6.45) is 0. The molecule has 0 saturated heterocycles. The van der Waals surface area contributed by atoms with Gasteiger partial charge in [0.2, 0.25) is 0 Å². The minimum Gasteiger partial charge on any atom is -0.477 e. The number of aryl methyl sites for hydroxylation is 1. The number of nitrogens with one attached hydrogen (secondary N) is 1. The van der Waals surface area contributed by atoms with Crippen LogP contribution in [0.15, 0.2) is 30.3 Å². The van der Waals surface area contributed by atoms with Gasteiger partial charge in [-0.1, -0.05) is 6.07 Å². The average Bonchev–Trinajstić information content (AvgIpc) is 2.73. The molecule has 0 aliphatic heterocycles. The smallest absolute Gasteiger partial charge is 0.354 e. The van der Waals surface area contributed by atoms with Crippen molar-refractivity contribution in [3.8, 4) is 0 Å². The molecule has 0 aliphatic carbocycles. The van der Waals surface area contributed by atoms with Crippen molar-refractivity contribution >= 4 is 23.1 Å². The van der Waals surface area contributed by atoms with Gasteiger partial charge in [-0.3, -0.25) is 0 Å². The zero-order chi connectivity index (χ0) is 12.3. The molecule has 0 fully saturated rings. The molecule has 2 heterocycles. The van der Waals surface area contributed by atoms with Crippen molar-refractivity contribution in [3.63, 3.8) is 0 Å². The molecule has 0 unspecified atom stereocenters. The van der Waals surface area contributed by atoms with Crippen LogP contribution in [0.3, 0.4) is 0 Å². The highest BCUT2D eigenvalue weighted by Gasteiger charge is 2.05. The van der Waals surface area contributed by atoms with Crippen molar-refractivity contribution in [2.75, 3.05) is 5.32 Å². The minimum absolute atomic E-state index is 0.0531. The van der Waals surface area contributed by atoms with Crippen molar-refractivity contribution < 1.29 is 9.90 Å². The summed E-state index contributed by atoms with van der Waals surface area (Å²) in [6.45, 7) is 2.71. The molecule has 0 atom stereocenters. The van der Waals surface area contributed by atoms with E-state index in [1.165, 1.54) is 15.8 Å². The number of rotatable bonds is 4. The Morgan fingerprint density at radius 1 is 1.41 bits per heavy atom. The lowest BCUT2D eigenvalue weighted by molar-refractivity contribution is 0.0690.